The SMILES string of the molecule is COc1ccc(C2CC(=O)C(C)C(c3ccccc3)C23C(=O)NC(=O)NC3=O)cc1. The normalized spacial score (nSPS) is 25.6. The first kappa shape index (κ1) is 19.8. The second-order valence-electron chi connectivity index (χ2n) is 7.78. The molecule has 2 aliphatic rings. The Morgan fingerprint density at radius 1 is 0.867 bits per heavy atom. The van der Waals surface area contributed by atoms with Crippen molar-refractivity contribution in [1.29, 1.82) is 0 Å². The van der Waals surface area contributed by atoms with Gasteiger partial charge in [-0.15, -0.1) is 0 Å². The molecule has 3 unspecified atom stereocenters. The zero-order valence-electron chi connectivity index (χ0n) is 16.7. The van der Waals surface area contributed by atoms with Crippen molar-refractivity contribution in [3.63, 3.8) is 0 Å². The summed E-state index contributed by atoms with van der Waals surface area (Å²) in [6.45, 7) is 1.74. The summed E-state index contributed by atoms with van der Waals surface area (Å²) in [5.74, 6) is -2.80. The maximum Gasteiger partial charge on any atom is 0.328 e. The number of hydrogen-bond donors (Lipinski definition) is 2. The first-order chi connectivity index (χ1) is 14.4. The highest BCUT2D eigenvalue weighted by atomic mass is 16.5. The average molecular weight is 406 g/mol. The van der Waals surface area contributed by atoms with Gasteiger partial charge in [-0.3, -0.25) is 25.0 Å². The predicted molar refractivity (Wildman–Crippen MR) is 108 cm³/mol. The number of nitrogens with one attached hydrogen (secondary N) is 2. The smallest absolute Gasteiger partial charge is 0.328 e. The fourth-order valence-electron chi connectivity index (χ4n) is 4.92. The number of benzene rings is 2. The van der Waals surface area contributed by atoms with Crippen molar-refractivity contribution in [3.05, 3.63) is 65.7 Å². The van der Waals surface area contributed by atoms with Crippen LogP contribution in [0.5, 0.6) is 5.75 Å². The van der Waals surface area contributed by atoms with E-state index in [1.165, 1.54) is 0 Å². The van der Waals surface area contributed by atoms with Crippen LogP contribution in [-0.2, 0) is 14.4 Å². The van der Waals surface area contributed by atoms with E-state index in [1.807, 2.05) is 18.2 Å². The molecule has 2 aromatic rings. The van der Waals surface area contributed by atoms with Gasteiger partial charge in [-0.1, -0.05) is 49.4 Å². The lowest BCUT2D eigenvalue weighted by molar-refractivity contribution is -0.154. The van der Waals surface area contributed by atoms with E-state index in [4.69, 9.17) is 4.74 Å². The van der Waals surface area contributed by atoms with Crippen LogP contribution in [0.3, 0.4) is 0 Å². The van der Waals surface area contributed by atoms with E-state index >= 15 is 0 Å². The zero-order valence-corrected chi connectivity index (χ0v) is 16.7. The van der Waals surface area contributed by atoms with Crippen LogP contribution in [0.25, 0.3) is 0 Å². The largest absolute Gasteiger partial charge is 0.497 e. The van der Waals surface area contributed by atoms with E-state index in [0.29, 0.717) is 16.9 Å². The summed E-state index contributed by atoms with van der Waals surface area (Å²) in [4.78, 5) is 51.7. The maximum atomic E-state index is 13.4. The number of urea groups is 1. The van der Waals surface area contributed by atoms with Gasteiger partial charge >= 0.3 is 6.03 Å². The number of imide groups is 2. The third-order valence-electron chi connectivity index (χ3n) is 6.34. The lowest BCUT2D eigenvalue weighted by Gasteiger charge is -2.50. The van der Waals surface area contributed by atoms with Gasteiger partial charge in [0.1, 0.15) is 16.9 Å². The van der Waals surface area contributed by atoms with Gasteiger partial charge in [0.15, 0.2) is 0 Å². The molecule has 1 spiro atoms. The molecule has 2 N–H and O–H groups in total. The Bertz CT molecular complexity index is 996. The van der Waals surface area contributed by atoms with Gasteiger partial charge in [0.05, 0.1) is 7.11 Å². The minimum atomic E-state index is -1.64. The third kappa shape index (κ3) is 2.89. The Morgan fingerprint density at radius 2 is 1.47 bits per heavy atom. The van der Waals surface area contributed by atoms with Crippen LogP contribution in [0.4, 0.5) is 4.79 Å². The molecule has 1 heterocycles. The average Bonchev–Trinajstić information content (AvgIpc) is 2.74. The highest BCUT2D eigenvalue weighted by Crippen LogP contribution is 2.57. The summed E-state index contributed by atoms with van der Waals surface area (Å²) < 4.78 is 5.21. The molecule has 0 radical (unpaired) electrons. The molecule has 30 heavy (non-hydrogen) atoms. The number of hydrogen-bond acceptors (Lipinski definition) is 5. The van der Waals surface area contributed by atoms with Gasteiger partial charge in [0.25, 0.3) is 0 Å². The van der Waals surface area contributed by atoms with Crippen molar-refractivity contribution < 1.29 is 23.9 Å². The van der Waals surface area contributed by atoms with Gasteiger partial charge in [-0.25, -0.2) is 4.79 Å². The van der Waals surface area contributed by atoms with E-state index in [9.17, 15) is 19.2 Å². The van der Waals surface area contributed by atoms with Crippen molar-refractivity contribution in [3.8, 4) is 5.75 Å². The molecule has 7 nitrogen and oxygen atoms in total. The maximum absolute atomic E-state index is 13.4. The Kier molecular flexibility index (Phi) is 4.89. The van der Waals surface area contributed by atoms with Gasteiger partial charge in [0, 0.05) is 24.2 Å². The molecule has 0 aromatic heterocycles. The number of ether oxygens (including phenoxy) is 1. The molecule has 4 amide bonds. The van der Waals surface area contributed by atoms with E-state index in [1.54, 1.807) is 50.4 Å². The topological polar surface area (TPSA) is 102 Å². The standard InChI is InChI=1S/C23H22N2O5/c1-13-18(26)12-17(14-8-10-16(30-2)11-9-14)23(19(13)15-6-4-3-5-7-15)20(27)24-22(29)25-21(23)28/h3-11,13,17,19H,12H2,1-2H3,(H2,24,25,27,28,29). The van der Waals surface area contributed by atoms with Crippen LogP contribution >= 0.6 is 0 Å². The van der Waals surface area contributed by atoms with Crippen LogP contribution < -0.4 is 15.4 Å². The second kappa shape index (κ2) is 7.40. The summed E-state index contributed by atoms with van der Waals surface area (Å²) in [5.41, 5.74) is -0.273. The Hall–Kier alpha value is -3.48. The van der Waals surface area contributed by atoms with Crippen LogP contribution in [0.1, 0.15) is 36.3 Å². The Labute approximate surface area is 173 Å². The van der Waals surface area contributed by atoms with Crippen LogP contribution in [0, 0.1) is 11.3 Å². The number of amides is 4. The van der Waals surface area contributed by atoms with Crippen LogP contribution in [-0.4, -0.2) is 30.7 Å². The van der Waals surface area contributed by atoms with Crippen molar-refractivity contribution in [1.82, 2.24) is 10.6 Å². The Balaban J connectivity index is 1.96. The van der Waals surface area contributed by atoms with Crippen molar-refractivity contribution >= 4 is 23.6 Å². The van der Waals surface area contributed by atoms with E-state index in [-0.39, 0.29) is 12.2 Å². The summed E-state index contributed by atoms with van der Waals surface area (Å²) >= 11 is 0. The van der Waals surface area contributed by atoms with Crippen molar-refractivity contribution in [2.45, 2.75) is 25.2 Å². The summed E-state index contributed by atoms with van der Waals surface area (Å²) in [7, 11) is 1.54. The lowest BCUT2D eigenvalue weighted by atomic mass is 9.51. The molecular weight excluding hydrogens is 384 g/mol. The predicted octanol–water partition coefficient (Wildman–Crippen LogP) is 2.52. The first-order valence-electron chi connectivity index (χ1n) is 9.78. The highest BCUT2D eigenvalue weighted by molar-refractivity contribution is 6.21. The molecule has 0 bridgehead atoms. The summed E-state index contributed by atoms with van der Waals surface area (Å²) in [6, 6.07) is 15.2. The molecule has 1 aliphatic carbocycles. The van der Waals surface area contributed by atoms with Gasteiger partial charge in [-0.05, 0) is 23.3 Å². The number of methoxy groups -OCH3 is 1. The number of barbiturate groups is 1. The molecular formula is C23H22N2O5. The Morgan fingerprint density at radius 3 is 2.03 bits per heavy atom. The number of carbonyl (C=O) groups is 4. The van der Waals surface area contributed by atoms with Crippen LogP contribution in [0.2, 0.25) is 0 Å². The lowest BCUT2D eigenvalue weighted by Crippen LogP contribution is -2.68. The fourth-order valence-corrected chi connectivity index (χ4v) is 4.92. The minimum absolute atomic E-state index is 0.0197. The molecule has 1 saturated carbocycles. The number of rotatable bonds is 3. The zero-order chi connectivity index (χ0) is 21.5. The minimum Gasteiger partial charge on any atom is -0.497 e. The molecule has 7 heteroatoms. The summed E-state index contributed by atoms with van der Waals surface area (Å²) in [6.07, 6.45) is 0.0197. The van der Waals surface area contributed by atoms with Gasteiger partial charge in [-0.2, -0.15) is 0 Å². The molecule has 3 atom stereocenters. The number of ketones is 1. The van der Waals surface area contributed by atoms with Gasteiger partial charge < -0.3 is 4.74 Å². The second-order valence-corrected chi connectivity index (χ2v) is 7.78. The number of carbonyl (C=O) groups excluding carboxylic acids is 4. The monoisotopic (exact) mass is 406 g/mol. The molecule has 154 valence electrons. The fraction of sp³-hybridized carbons (Fsp3) is 0.304. The van der Waals surface area contributed by atoms with Gasteiger partial charge in [0.2, 0.25) is 11.8 Å². The quantitative estimate of drug-likeness (QED) is 0.763. The molecule has 2 aromatic carbocycles. The molecule has 1 aliphatic heterocycles. The van der Waals surface area contributed by atoms with E-state index in [0.717, 1.165) is 0 Å². The van der Waals surface area contributed by atoms with E-state index < -0.39 is 41.0 Å². The molecule has 1 saturated heterocycles. The highest BCUT2D eigenvalue weighted by Gasteiger charge is 2.65. The molecule has 4 rings (SSSR count). The first-order valence-corrected chi connectivity index (χ1v) is 9.78. The summed E-state index contributed by atoms with van der Waals surface area (Å²) in [5, 5.41) is 4.56. The van der Waals surface area contributed by atoms with Crippen LogP contribution in [0.15, 0.2) is 54.6 Å². The third-order valence-corrected chi connectivity index (χ3v) is 6.34. The van der Waals surface area contributed by atoms with E-state index in [2.05, 4.69) is 10.6 Å². The van der Waals surface area contributed by atoms with Crippen molar-refractivity contribution in [2.24, 2.45) is 11.3 Å². The van der Waals surface area contributed by atoms with Crippen molar-refractivity contribution in [2.75, 3.05) is 7.11 Å². The molecule has 2 fully saturated rings. The number of Topliss-reactive ketones (excluding diaryl/α,β-unsaturated/α-hetero) is 1.